The van der Waals surface area contributed by atoms with Gasteiger partial charge in [-0.15, -0.1) is 46.7 Å². The van der Waals surface area contributed by atoms with E-state index >= 15 is 0 Å². The molecule has 10 rings (SSSR count). The van der Waals surface area contributed by atoms with E-state index in [0.717, 1.165) is 47.0 Å². The van der Waals surface area contributed by atoms with Gasteiger partial charge in [0.15, 0.2) is 0 Å². The minimum absolute atomic E-state index is 0. The fraction of sp³-hybridized carbons (Fsp3) is 0.417. The van der Waals surface area contributed by atoms with Gasteiger partial charge in [0.2, 0.25) is 11.8 Å². The van der Waals surface area contributed by atoms with Crippen molar-refractivity contribution in [3.63, 3.8) is 0 Å². The first-order valence-corrected chi connectivity index (χ1v) is 24.8. The maximum atomic E-state index is 13.9. The van der Waals surface area contributed by atoms with Crippen LogP contribution in [-0.2, 0) is 47.5 Å². The Morgan fingerprint density at radius 1 is 0.667 bits per heavy atom. The van der Waals surface area contributed by atoms with Crippen molar-refractivity contribution in [2.24, 2.45) is 0 Å². The van der Waals surface area contributed by atoms with Gasteiger partial charge in [-0.1, -0.05) is 12.1 Å². The van der Waals surface area contributed by atoms with Crippen molar-refractivity contribution in [3.05, 3.63) is 114 Å². The smallest absolute Gasteiger partial charge is 0.338 e. The molecule has 0 spiro atoms. The molecule has 4 aromatic heterocycles. The number of hydrogen-bond acceptors (Lipinski definition) is 8. The van der Waals surface area contributed by atoms with Crippen LogP contribution in [0.2, 0.25) is 0 Å². The lowest BCUT2D eigenvalue weighted by molar-refractivity contribution is -0.140. The van der Waals surface area contributed by atoms with Gasteiger partial charge in [-0.25, -0.2) is 17.6 Å². The summed E-state index contributed by atoms with van der Waals surface area (Å²) >= 11 is 8.39. The average molecular weight is 1100 g/mol. The van der Waals surface area contributed by atoms with Crippen molar-refractivity contribution >= 4 is 78.7 Å². The van der Waals surface area contributed by atoms with Crippen LogP contribution in [0.4, 0.5) is 43.9 Å². The third-order valence-corrected chi connectivity index (χ3v) is 15.1. The highest BCUT2D eigenvalue weighted by molar-refractivity contribution is 7.18. The van der Waals surface area contributed by atoms with Crippen LogP contribution < -0.4 is 16.4 Å². The monoisotopic (exact) mass is 1090 g/mol. The minimum Gasteiger partial charge on any atom is -0.338 e. The molecule has 2 aromatic carbocycles. The number of rotatable bonds is 9. The first kappa shape index (κ1) is 54.8. The molecule has 10 nitrogen and oxygen atoms in total. The lowest BCUT2D eigenvalue weighted by Crippen LogP contribution is -2.37. The van der Waals surface area contributed by atoms with Gasteiger partial charge in [-0.2, -0.15) is 26.3 Å². The third-order valence-electron chi connectivity index (χ3n) is 12.7. The highest BCUT2D eigenvalue weighted by Crippen LogP contribution is 2.40. The molecule has 4 aliphatic heterocycles. The molecule has 2 unspecified atom stereocenters. The molecular formula is C48H46Cl2F10N6O4S2. The Hall–Kier alpha value is -5.00. The summed E-state index contributed by atoms with van der Waals surface area (Å²) in [6, 6.07) is 5.20. The Bertz CT molecular complexity index is 3070. The molecule has 72 heavy (non-hydrogen) atoms. The summed E-state index contributed by atoms with van der Waals surface area (Å²) in [6.07, 6.45) is -6.01. The van der Waals surface area contributed by atoms with E-state index in [2.05, 4.69) is 10.2 Å². The fourth-order valence-corrected chi connectivity index (χ4v) is 11.0. The Kier molecular flexibility index (Phi) is 17.2. The van der Waals surface area contributed by atoms with Gasteiger partial charge in [-0.05, 0) is 87.3 Å². The molecule has 0 radical (unpaired) electrons. The number of nitrogens with one attached hydrogen (secondary N) is 1. The number of amides is 2. The zero-order chi connectivity index (χ0) is 50.9. The van der Waals surface area contributed by atoms with Crippen molar-refractivity contribution in [2.75, 3.05) is 52.4 Å². The Labute approximate surface area is 424 Å². The molecule has 24 heteroatoms. The molecular weight excluding hydrogens is 1050 g/mol. The summed E-state index contributed by atoms with van der Waals surface area (Å²) in [5, 5.41) is 6.52. The second kappa shape index (κ2) is 22.6. The van der Waals surface area contributed by atoms with Crippen molar-refractivity contribution in [1.82, 2.24) is 29.2 Å². The average Bonchev–Trinajstić information content (AvgIpc) is 4.11. The minimum atomic E-state index is -4.90. The zero-order valence-corrected chi connectivity index (χ0v) is 41.2. The summed E-state index contributed by atoms with van der Waals surface area (Å²) in [7, 11) is 0. The number of fused-ring (bicyclic) bond motifs is 2. The number of aromatic nitrogens is 2. The van der Waals surface area contributed by atoms with E-state index in [4.69, 9.17) is 11.6 Å². The molecule has 0 saturated carbocycles. The fourth-order valence-electron chi connectivity index (χ4n) is 8.54. The summed E-state index contributed by atoms with van der Waals surface area (Å²) in [5.74, 6) is -3.64. The molecule has 8 heterocycles. The summed E-state index contributed by atoms with van der Waals surface area (Å²) in [4.78, 5) is 56.8. The number of pyridine rings is 2. The molecule has 6 aromatic rings. The highest BCUT2D eigenvalue weighted by Gasteiger charge is 2.36. The van der Waals surface area contributed by atoms with E-state index in [1.165, 1.54) is 68.9 Å². The maximum absolute atomic E-state index is 13.9. The summed E-state index contributed by atoms with van der Waals surface area (Å²) in [5.41, 5.74) is -2.11. The van der Waals surface area contributed by atoms with Gasteiger partial charge in [0.05, 0.1) is 40.9 Å². The predicted molar refractivity (Wildman–Crippen MR) is 259 cm³/mol. The Morgan fingerprint density at radius 3 is 1.43 bits per heavy atom. The quantitative estimate of drug-likeness (QED) is 0.114. The summed E-state index contributed by atoms with van der Waals surface area (Å²) < 4.78 is 138. The van der Waals surface area contributed by atoms with E-state index in [0.29, 0.717) is 39.7 Å². The number of halogens is 12. The standard InChI is InChI=1S/C24H22F5N3O2S.C21H16ClF5N2O2S.C3H7N.ClH/c25-16-4-7-31(11-16)20(33)12-32-10-15(9-30-5-1-6-30)22-21(23(32)34)17(13-35-22)14-2-3-19(26)18(8-14)24(27,28)29;22-6-12-7-29(9-17(30)28-4-3-13(23)8-28)20(31)18-14(10-32-19(12)18)11-1-2-16(24)15(5-11)21(25,26)27;1-2-4-3-1;/h2-3,8,10,13,16H,1,4-7,9,11-12H2;1-2,5,7,10,13H,3-4,6,8-9H2;4H,1-3H2;1H. The molecule has 1 N–H and O–H groups in total. The lowest BCUT2D eigenvalue weighted by atomic mass is 10.0. The van der Waals surface area contributed by atoms with E-state index in [9.17, 15) is 63.1 Å². The van der Waals surface area contributed by atoms with Crippen LogP contribution in [0.15, 0.2) is 69.1 Å². The Balaban J connectivity index is 0.000000194. The molecule has 0 aliphatic carbocycles. The van der Waals surface area contributed by atoms with Gasteiger partial charge in [0.1, 0.15) is 37.1 Å². The predicted octanol–water partition coefficient (Wildman–Crippen LogP) is 10.3. The Morgan fingerprint density at radius 2 is 1.08 bits per heavy atom. The number of thiophene rings is 2. The maximum Gasteiger partial charge on any atom is 0.419 e. The van der Waals surface area contributed by atoms with E-state index < -0.39 is 64.5 Å². The normalized spacial score (nSPS) is 18.0. The van der Waals surface area contributed by atoms with Gasteiger partial charge in [-0.3, -0.25) is 24.1 Å². The zero-order valence-electron chi connectivity index (χ0n) is 38.0. The van der Waals surface area contributed by atoms with Gasteiger partial charge < -0.3 is 24.3 Å². The van der Waals surface area contributed by atoms with Crippen molar-refractivity contribution in [2.45, 2.75) is 75.9 Å². The van der Waals surface area contributed by atoms with Gasteiger partial charge in [0, 0.05) is 74.4 Å². The van der Waals surface area contributed by atoms with Crippen LogP contribution in [0.1, 0.15) is 47.9 Å². The van der Waals surface area contributed by atoms with Crippen LogP contribution in [0, 0.1) is 11.6 Å². The van der Waals surface area contributed by atoms with E-state index in [1.807, 2.05) is 0 Å². The van der Waals surface area contributed by atoms with Crippen LogP contribution in [-0.4, -0.2) is 100 Å². The molecule has 0 bridgehead atoms. The number of alkyl halides is 9. The first-order chi connectivity index (χ1) is 33.7. The first-order valence-electron chi connectivity index (χ1n) is 22.6. The third kappa shape index (κ3) is 12.0. The lowest BCUT2D eigenvalue weighted by Gasteiger charge is -2.31. The van der Waals surface area contributed by atoms with Crippen LogP contribution in [0.25, 0.3) is 42.4 Å². The molecule has 388 valence electrons. The van der Waals surface area contributed by atoms with Crippen molar-refractivity contribution in [1.29, 1.82) is 0 Å². The van der Waals surface area contributed by atoms with Crippen LogP contribution in [0.3, 0.4) is 0 Å². The molecule has 4 saturated heterocycles. The molecule has 4 fully saturated rings. The van der Waals surface area contributed by atoms with E-state index in [1.54, 1.807) is 11.6 Å². The molecule has 4 aliphatic rings. The number of likely N-dealkylation sites (tertiary alicyclic amines) is 3. The molecule has 2 atom stereocenters. The van der Waals surface area contributed by atoms with Crippen molar-refractivity contribution < 1.29 is 53.5 Å². The van der Waals surface area contributed by atoms with Gasteiger partial charge >= 0.3 is 12.4 Å². The van der Waals surface area contributed by atoms with E-state index in [-0.39, 0.29) is 109 Å². The second-order valence-corrected chi connectivity index (χ2v) is 19.6. The highest BCUT2D eigenvalue weighted by atomic mass is 35.5. The SMILES string of the molecule is C1CNC1.Cl.O=C(Cn1cc(CCl)c2scc(-c3ccc(F)c(C(F)(F)F)c3)c2c1=O)N1CCC(F)C1.O=C(Cn1cc(CN2CCC2)c2scc(-c3ccc(F)c(C(F)(F)F)c3)c2c1=O)N1CCC(F)C1. The summed E-state index contributed by atoms with van der Waals surface area (Å²) in [6.45, 7) is 4.62. The second-order valence-electron chi connectivity index (χ2n) is 17.6. The largest absolute Gasteiger partial charge is 0.419 e. The number of benzene rings is 2. The van der Waals surface area contributed by atoms with Crippen molar-refractivity contribution in [3.8, 4) is 22.3 Å². The topological polar surface area (TPSA) is 99.9 Å². The number of hydrogen-bond donors (Lipinski definition) is 1. The number of nitrogens with zero attached hydrogens (tertiary/aromatic N) is 5. The van der Waals surface area contributed by atoms with Crippen LogP contribution >= 0.6 is 46.7 Å². The molecule has 2 amide bonds. The van der Waals surface area contributed by atoms with Crippen LogP contribution in [0.5, 0.6) is 0 Å². The number of carbonyl (C=O) groups is 2. The van der Waals surface area contributed by atoms with Gasteiger partial charge in [0.25, 0.3) is 11.1 Å². The number of carbonyl (C=O) groups excluding carboxylic acids is 2.